The molecule has 18 heavy (non-hydrogen) atoms. The SMILES string of the molecule is O=Cc1cc(N=Nc2cccc(Br)c2)ccc1O. The van der Waals surface area contributed by atoms with Gasteiger partial charge in [-0.2, -0.15) is 10.2 Å². The zero-order valence-electron chi connectivity index (χ0n) is 9.25. The number of aromatic hydroxyl groups is 1. The quantitative estimate of drug-likeness (QED) is 0.675. The first-order valence-electron chi connectivity index (χ1n) is 5.14. The molecule has 1 N–H and O–H groups in total. The lowest BCUT2D eigenvalue weighted by atomic mass is 10.2. The van der Waals surface area contributed by atoms with Crippen LogP contribution in [0.4, 0.5) is 11.4 Å². The lowest BCUT2D eigenvalue weighted by molar-refractivity contribution is 0.112. The predicted octanol–water partition coefficient (Wildman–Crippen LogP) is 4.38. The molecule has 0 saturated heterocycles. The van der Waals surface area contributed by atoms with Gasteiger partial charge >= 0.3 is 0 Å². The predicted molar refractivity (Wildman–Crippen MR) is 71.8 cm³/mol. The Balaban J connectivity index is 2.26. The van der Waals surface area contributed by atoms with Gasteiger partial charge in [0.15, 0.2) is 6.29 Å². The number of azo groups is 1. The van der Waals surface area contributed by atoms with Crippen molar-refractivity contribution in [1.82, 2.24) is 0 Å². The van der Waals surface area contributed by atoms with E-state index in [0.29, 0.717) is 17.7 Å². The van der Waals surface area contributed by atoms with E-state index in [9.17, 15) is 9.90 Å². The van der Waals surface area contributed by atoms with Crippen LogP contribution in [0.2, 0.25) is 0 Å². The van der Waals surface area contributed by atoms with Gasteiger partial charge in [0.05, 0.1) is 16.9 Å². The van der Waals surface area contributed by atoms with Crippen molar-refractivity contribution in [1.29, 1.82) is 0 Å². The van der Waals surface area contributed by atoms with E-state index in [0.717, 1.165) is 4.47 Å². The number of carbonyl (C=O) groups excluding carboxylic acids is 1. The van der Waals surface area contributed by atoms with E-state index in [1.165, 1.54) is 12.1 Å². The number of nitrogens with zero attached hydrogens (tertiary/aromatic N) is 2. The number of phenols is 1. The molecule has 0 aliphatic heterocycles. The maximum atomic E-state index is 10.7. The third-order valence-corrected chi connectivity index (χ3v) is 2.72. The molecule has 2 aromatic carbocycles. The number of halogens is 1. The fourth-order valence-corrected chi connectivity index (χ4v) is 1.74. The Morgan fingerprint density at radius 1 is 1.06 bits per heavy atom. The maximum Gasteiger partial charge on any atom is 0.153 e. The van der Waals surface area contributed by atoms with Crippen molar-refractivity contribution in [2.75, 3.05) is 0 Å². The highest BCUT2D eigenvalue weighted by Gasteiger charge is 2.00. The molecule has 2 aromatic rings. The minimum absolute atomic E-state index is 0.0635. The van der Waals surface area contributed by atoms with Crippen molar-refractivity contribution in [3.8, 4) is 5.75 Å². The summed E-state index contributed by atoms with van der Waals surface area (Å²) >= 11 is 3.34. The summed E-state index contributed by atoms with van der Waals surface area (Å²) in [6.45, 7) is 0. The summed E-state index contributed by atoms with van der Waals surface area (Å²) in [5, 5.41) is 17.4. The molecule has 0 atom stereocenters. The molecular formula is C13H9BrN2O2. The molecule has 2 rings (SSSR count). The Labute approximate surface area is 112 Å². The van der Waals surface area contributed by atoms with Crippen LogP contribution in [0.3, 0.4) is 0 Å². The van der Waals surface area contributed by atoms with Gasteiger partial charge < -0.3 is 5.11 Å². The molecule has 0 aliphatic carbocycles. The molecule has 0 radical (unpaired) electrons. The van der Waals surface area contributed by atoms with Crippen LogP contribution in [0.15, 0.2) is 57.2 Å². The number of aldehydes is 1. The molecular weight excluding hydrogens is 296 g/mol. The second-order valence-corrected chi connectivity index (χ2v) is 4.46. The lowest BCUT2D eigenvalue weighted by Crippen LogP contribution is -1.79. The molecule has 0 aliphatic rings. The number of carbonyl (C=O) groups is 1. The van der Waals surface area contributed by atoms with Gasteiger partial charge in [0, 0.05) is 4.47 Å². The first kappa shape index (κ1) is 12.4. The zero-order valence-corrected chi connectivity index (χ0v) is 10.8. The average Bonchev–Trinajstić information content (AvgIpc) is 2.38. The van der Waals surface area contributed by atoms with Gasteiger partial charge in [-0.1, -0.05) is 22.0 Å². The van der Waals surface area contributed by atoms with Crippen LogP contribution in [0.1, 0.15) is 10.4 Å². The highest BCUT2D eigenvalue weighted by atomic mass is 79.9. The summed E-state index contributed by atoms with van der Waals surface area (Å²) in [6, 6.07) is 11.9. The monoisotopic (exact) mass is 304 g/mol. The average molecular weight is 305 g/mol. The van der Waals surface area contributed by atoms with Gasteiger partial charge in [-0.15, -0.1) is 0 Å². The van der Waals surface area contributed by atoms with E-state index in [4.69, 9.17) is 0 Å². The lowest BCUT2D eigenvalue weighted by Gasteiger charge is -1.98. The number of hydrogen-bond donors (Lipinski definition) is 1. The molecule has 0 spiro atoms. The highest BCUT2D eigenvalue weighted by Crippen LogP contribution is 2.25. The molecule has 90 valence electrons. The number of benzene rings is 2. The van der Waals surface area contributed by atoms with E-state index in [2.05, 4.69) is 26.2 Å². The fourth-order valence-electron chi connectivity index (χ4n) is 1.35. The first-order chi connectivity index (χ1) is 8.69. The second kappa shape index (κ2) is 5.55. The molecule has 0 fully saturated rings. The summed E-state index contributed by atoms with van der Waals surface area (Å²) in [5.74, 6) is -0.0635. The second-order valence-electron chi connectivity index (χ2n) is 3.54. The van der Waals surface area contributed by atoms with Crippen molar-refractivity contribution < 1.29 is 9.90 Å². The summed E-state index contributed by atoms with van der Waals surface area (Å²) in [6.07, 6.45) is 0.577. The summed E-state index contributed by atoms with van der Waals surface area (Å²) in [5.41, 5.74) is 1.40. The minimum Gasteiger partial charge on any atom is -0.507 e. The summed E-state index contributed by atoms with van der Waals surface area (Å²) in [4.78, 5) is 10.7. The molecule has 0 unspecified atom stereocenters. The smallest absolute Gasteiger partial charge is 0.153 e. The molecule has 0 saturated carbocycles. The molecule has 0 amide bonds. The fraction of sp³-hybridized carbons (Fsp3) is 0. The van der Waals surface area contributed by atoms with Crippen LogP contribution >= 0.6 is 15.9 Å². The Bertz CT molecular complexity index is 612. The third-order valence-electron chi connectivity index (χ3n) is 2.23. The Kier molecular flexibility index (Phi) is 3.84. The molecule has 5 heteroatoms. The van der Waals surface area contributed by atoms with Crippen molar-refractivity contribution in [3.63, 3.8) is 0 Å². The van der Waals surface area contributed by atoms with Gasteiger partial charge in [-0.05, 0) is 36.4 Å². The largest absolute Gasteiger partial charge is 0.507 e. The normalized spacial score (nSPS) is 10.7. The summed E-state index contributed by atoms with van der Waals surface area (Å²) in [7, 11) is 0. The molecule has 0 heterocycles. The minimum atomic E-state index is -0.0635. The Morgan fingerprint density at radius 3 is 2.44 bits per heavy atom. The highest BCUT2D eigenvalue weighted by molar-refractivity contribution is 9.10. The molecule has 4 nitrogen and oxygen atoms in total. The van der Waals surface area contributed by atoms with E-state index < -0.39 is 0 Å². The number of rotatable bonds is 3. The Hall–Kier alpha value is -2.01. The first-order valence-corrected chi connectivity index (χ1v) is 5.94. The zero-order chi connectivity index (χ0) is 13.0. The Morgan fingerprint density at radius 2 is 1.78 bits per heavy atom. The van der Waals surface area contributed by atoms with Crippen molar-refractivity contribution in [2.45, 2.75) is 0 Å². The van der Waals surface area contributed by atoms with Crippen molar-refractivity contribution >= 4 is 33.6 Å². The van der Waals surface area contributed by atoms with Crippen LogP contribution in [0.5, 0.6) is 5.75 Å². The van der Waals surface area contributed by atoms with Gasteiger partial charge in [0.2, 0.25) is 0 Å². The van der Waals surface area contributed by atoms with Crippen LogP contribution in [0, 0.1) is 0 Å². The van der Waals surface area contributed by atoms with Crippen LogP contribution in [0.25, 0.3) is 0 Å². The number of hydrogen-bond acceptors (Lipinski definition) is 4. The van der Waals surface area contributed by atoms with Crippen LogP contribution < -0.4 is 0 Å². The van der Waals surface area contributed by atoms with E-state index >= 15 is 0 Å². The van der Waals surface area contributed by atoms with Gasteiger partial charge in [-0.25, -0.2) is 0 Å². The van der Waals surface area contributed by atoms with Gasteiger partial charge in [0.25, 0.3) is 0 Å². The number of phenolic OH excluding ortho intramolecular Hbond substituents is 1. The summed E-state index contributed by atoms with van der Waals surface area (Å²) < 4.78 is 0.915. The van der Waals surface area contributed by atoms with Crippen LogP contribution in [-0.2, 0) is 0 Å². The van der Waals surface area contributed by atoms with E-state index in [1.54, 1.807) is 6.07 Å². The topological polar surface area (TPSA) is 62.0 Å². The maximum absolute atomic E-state index is 10.7. The van der Waals surface area contributed by atoms with E-state index in [-0.39, 0.29) is 11.3 Å². The molecule has 0 bridgehead atoms. The van der Waals surface area contributed by atoms with Crippen molar-refractivity contribution in [2.24, 2.45) is 10.2 Å². The van der Waals surface area contributed by atoms with Crippen LogP contribution in [-0.4, -0.2) is 11.4 Å². The van der Waals surface area contributed by atoms with Gasteiger partial charge in [-0.3, -0.25) is 4.79 Å². The standard InChI is InChI=1S/C13H9BrN2O2/c14-10-2-1-3-11(7-10)15-16-12-4-5-13(18)9(6-12)8-17/h1-8,18H. The molecule has 0 aromatic heterocycles. The third kappa shape index (κ3) is 3.01. The van der Waals surface area contributed by atoms with Crippen molar-refractivity contribution in [3.05, 3.63) is 52.5 Å². The van der Waals surface area contributed by atoms with E-state index in [1.807, 2.05) is 24.3 Å². The van der Waals surface area contributed by atoms with Gasteiger partial charge in [0.1, 0.15) is 5.75 Å².